The molecule has 2 heterocycles. The minimum atomic E-state index is -0.140. The van der Waals surface area contributed by atoms with Crippen LogP contribution in [0.1, 0.15) is 36.6 Å². The first-order valence-electron chi connectivity index (χ1n) is 7.21. The fourth-order valence-electron chi connectivity index (χ4n) is 2.28. The largest absolute Gasteiger partial charge is 0.291 e. The Balaban J connectivity index is 1.94. The predicted molar refractivity (Wildman–Crippen MR) is 88.4 cm³/mol. The van der Waals surface area contributed by atoms with E-state index in [9.17, 15) is 4.79 Å². The minimum absolute atomic E-state index is 0.140. The van der Waals surface area contributed by atoms with Crippen LogP contribution in [0.5, 0.6) is 0 Å². The molecule has 0 aliphatic heterocycles. The van der Waals surface area contributed by atoms with Gasteiger partial charge in [0.25, 0.3) is 5.56 Å². The van der Waals surface area contributed by atoms with Gasteiger partial charge in [-0.1, -0.05) is 55.4 Å². The number of aromatic amines is 1. The van der Waals surface area contributed by atoms with E-state index in [2.05, 4.69) is 60.2 Å². The molecule has 3 aromatic rings. The zero-order valence-electron chi connectivity index (χ0n) is 12.8. The van der Waals surface area contributed by atoms with Crippen LogP contribution in [0.3, 0.4) is 0 Å². The van der Waals surface area contributed by atoms with Crippen molar-refractivity contribution in [3.8, 4) is 0 Å². The number of hydrogen-bond acceptors (Lipinski definition) is 4. The molecule has 3 rings (SSSR count). The van der Waals surface area contributed by atoms with Crippen molar-refractivity contribution in [2.75, 3.05) is 0 Å². The summed E-state index contributed by atoms with van der Waals surface area (Å²) in [6.45, 7) is 6.19. The van der Waals surface area contributed by atoms with Gasteiger partial charge in [-0.2, -0.15) is 0 Å². The van der Waals surface area contributed by atoms with Gasteiger partial charge < -0.3 is 0 Å². The van der Waals surface area contributed by atoms with Crippen LogP contribution in [0.2, 0.25) is 0 Å². The van der Waals surface area contributed by atoms with E-state index < -0.39 is 0 Å². The molecule has 1 aromatic carbocycles. The number of aryl methyl sites for hydroxylation is 1. The average Bonchev–Trinajstić information content (AvgIpc) is 2.88. The Kier molecular flexibility index (Phi) is 4.02. The normalized spacial score (nSPS) is 11.5. The summed E-state index contributed by atoms with van der Waals surface area (Å²) in [5.74, 6) is 1.54. The summed E-state index contributed by atoms with van der Waals surface area (Å²) in [6, 6.07) is 10.1. The second kappa shape index (κ2) is 5.96. The minimum Gasteiger partial charge on any atom is -0.291 e. The van der Waals surface area contributed by atoms with Gasteiger partial charge in [-0.05, 0) is 18.4 Å². The number of H-pyrrole nitrogens is 1. The van der Waals surface area contributed by atoms with Crippen molar-refractivity contribution in [1.82, 2.24) is 19.6 Å². The van der Waals surface area contributed by atoms with Gasteiger partial charge in [-0.15, -0.1) is 10.2 Å². The molecule has 0 amide bonds. The van der Waals surface area contributed by atoms with Gasteiger partial charge in [-0.3, -0.25) is 14.2 Å². The Morgan fingerprint density at radius 2 is 1.95 bits per heavy atom. The summed E-state index contributed by atoms with van der Waals surface area (Å²) in [4.78, 5) is 14.4. The molecule has 5 nitrogen and oxygen atoms in total. The number of benzene rings is 1. The molecule has 0 aliphatic carbocycles. The maximum absolute atomic E-state index is 11.7. The number of nitrogens with one attached hydrogen (secondary N) is 1. The zero-order chi connectivity index (χ0) is 15.7. The predicted octanol–water partition coefficient (Wildman–Crippen LogP) is 3.14. The first-order valence-corrected chi connectivity index (χ1v) is 8.20. The maximum atomic E-state index is 11.7. The third kappa shape index (κ3) is 2.92. The molecule has 0 radical (unpaired) electrons. The molecule has 0 bridgehead atoms. The van der Waals surface area contributed by atoms with E-state index in [1.807, 2.05) is 4.40 Å². The van der Waals surface area contributed by atoms with Crippen LogP contribution >= 0.6 is 11.8 Å². The second-order valence-corrected chi connectivity index (χ2v) is 6.57. The van der Waals surface area contributed by atoms with E-state index >= 15 is 0 Å². The molecule has 22 heavy (non-hydrogen) atoms. The van der Waals surface area contributed by atoms with Crippen LogP contribution in [0.15, 0.2) is 40.3 Å². The topological polar surface area (TPSA) is 63.0 Å². The highest BCUT2D eigenvalue weighted by Gasteiger charge is 2.14. The molecule has 0 fully saturated rings. The third-order valence-corrected chi connectivity index (χ3v) is 4.49. The van der Waals surface area contributed by atoms with E-state index in [4.69, 9.17) is 0 Å². The van der Waals surface area contributed by atoms with Crippen molar-refractivity contribution in [1.29, 1.82) is 0 Å². The fourth-order valence-corrected chi connectivity index (χ4v) is 3.19. The summed E-state index contributed by atoms with van der Waals surface area (Å²) >= 11 is 1.62. The lowest BCUT2D eigenvalue weighted by molar-refractivity contribution is 0.754. The highest BCUT2D eigenvalue weighted by molar-refractivity contribution is 7.98. The van der Waals surface area contributed by atoms with Crippen molar-refractivity contribution in [2.45, 2.75) is 37.6 Å². The Bertz CT molecular complexity index is 849. The molecule has 114 valence electrons. The lowest BCUT2D eigenvalue weighted by atomic mass is 10.1. The maximum Gasteiger partial charge on any atom is 0.252 e. The van der Waals surface area contributed by atoms with E-state index in [-0.39, 0.29) is 11.5 Å². The Morgan fingerprint density at radius 1 is 1.23 bits per heavy atom. The number of hydrogen-bond donors (Lipinski definition) is 1. The van der Waals surface area contributed by atoms with Crippen molar-refractivity contribution in [3.05, 3.63) is 57.5 Å². The van der Waals surface area contributed by atoms with Gasteiger partial charge in [0.15, 0.2) is 5.16 Å². The number of thioether (sulfide) groups is 1. The third-order valence-electron chi connectivity index (χ3n) is 3.49. The molecule has 0 atom stereocenters. The first-order chi connectivity index (χ1) is 10.5. The fraction of sp³-hybridized carbons (Fsp3) is 0.312. The standard InChI is InChI=1S/C16H18N4OS/c1-10(2)13-8-14(21)17-15-18-19-16(20(13)15)22-9-12-6-4-11(3)5-7-12/h4-8,10H,9H2,1-3H3,(H,17,18,21). The molecule has 2 aromatic heterocycles. The van der Waals surface area contributed by atoms with Crippen LogP contribution in [0.4, 0.5) is 0 Å². The van der Waals surface area contributed by atoms with Crippen molar-refractivity contribution < 1.29 is 0 Å². The smallest absolute Gasteiger partial charge is 0.252 e. The average molecular weight is 314 g/mol. The van der Waals surface area contributed by atoms with Crippen LogP contribution in [-0.4, -0.2) is 19.6 Å². The van der Waals surface area contributed by atoms with Crippen LogP contribution in [-0.2, 0) is 5.75 Å². The molecule has 0 saturated carbocycles. The lowest BCUT2D eigenvalue weighted by Crippen LogP contribution is -2.12. The quantitative estimate of drug-likeness (QED) is 0.751. The Labute approximate surface area is 132 Å². The highest BCUT2D eigenvalue weighted by atomic mass is 32.2. The summed E-state index contributed by atoms with van der Waals surface area (Å²) in [7, 11) is 0. The first kappa shape index (κ1) is 14.8. The molecular formula is C16H18N4OS. The van der Waals surface area contributed by atoms with Crippen molar-refractivity contribution in [2.24, 2.45) is 0 Å². The Hall–Kier alpha value is -2.08. The van der Waals surface area contributed by atoms with Gasteiger partial charge in [0, 0.05) is 17.5 Å². The van der Waals surface area contributed by atoms with E-state index in [0.717, 1.165) is 16.6 Å². The van der Waals surface area contributed by atoms with Gasteiger partial charge in [0.1, 0.15) is 0 Å². The van der Waals surface area contributed by atoms with E-state index in [0.29, 0.717) is 5.78 Å². The Morgan fingerprint density at radius 3 is 2.64 bits per heavy atom. The zero-order valence-corrected chi connectivity index (χ0v) is 13.6. The summed E-state index contributed by atoms with van der Waals surface area (Å²) in [5, 5.41) is 9.10. The van der Waals surface area contributed by atoms with E-state index in [1.54, 1.807) is 17.8 Å². The number of fused-ring (bicyclic) bond motifs is 1. The molecule has 0 saturated heterocycles. The van der Waals surface area contributed by atoms with Gasteiger partial charge in [0.2, 0.25) is 5.78 Å². The molecular weight excluding hydrogens is 296 g/mol. The summed E-state index contributed by atoms with van der Waals surface area (Å²) in [5.41, 5.74) is 3.28. The van der Waals surface area contributed by atoms with E-state index in [1.165, 1.54) is 11.1 Å². The monoisotopic (exact) mass is 314 g/mol. The highest BCUT2D eigenvalue weighted by Crippen LogP contribution is 2.24. The second-order valence-electron chi connectivity index (χ2n) is 5.63. The van der Waals surface area contributed by atoms with Gasteiger partial charge >= 0.3 is 0 Å². The van der Waals surface area contributed by atoms with Crippen molar-refractivity contribution >= 4 is 17.5 Å². The van der Waals surface area contributed by atoms with Crippen LogP contribution < -0.4 is 5.56 Å². The van der Waals surface area contributed by atoms with Gasteiger partial charge in [-0.25, -0.2) is 0 Å². The van der Waals surface area contributed by atoms with Crippen molar-refractivity contribution in [3.63, 3.8) is 0 Å². The number of rotatable bonds is 4. The summed E-state index contributed by atoms with van der Waals surface area (Å²) < 4.78 is 1.94. The molecule has 6 heteroatoms. The van der Waals surface area contributed by atoms with Crippen LogP contribution in [0, 0.1) is 6.92 Å². The summed E-state index contributed by atoms with van der Waals surface area (Å²) in [6.07, 6.45) is 0. The number of aromatic nitrogens is 4. The SMILES string of the molecule is Cc1ccc(CSc2nnc3[nH]c(=O)cc(C(C)C)n23)cc1. The lowest BCUT2D eigenvalue weighted by Gasteiger charge is -2.09. The molecule has 0 spiro atoms. The number of nitrogens with zero attached hydrogens (tertiary/aromatic N) is 3. The van der Waals surface area contributed by atoms with Gasteiger partial charge in [0.05, 0.1) is 0 Å². The molecule has 0 aliphatic rings. The van der Waals surface area contributed by atoms with Crippen LogP contribution in [0.25, 0.3) is 5.78 Å². The molecule has 1 N–H and O–H groups in total. The molecule has 0 unspecified atom stereocenters.